The van der Waals surface area contributed by atoms with Crippen LogP contribution in [0.25, 0.3) is 0 Å². The van der Waals surface area contributed by atoms with E-state index in [1.54, 1.807) is 0 Å². The summed E-state index contributed by atoms with van der Waals surface area (Å²) in [4.78, 5) is 0. The summed E-state index contributed by atoms with van der Waals surface area (Å²) in [6, 6.07) is 16.6. The zero-order valence-corrected chi connectivity index (χ0v) is 13.1. The highest BCUT2D eigenvalue weighted by Gasteiger charge is 2.38. The van der Waals surface area contributed by atoms with Crippen molar-refractivity contribution in [2.75, 3.05) is 6.61 Å². The molecule has 2 aliphatic rings. The number of fused-ring (bicyclic) bond motifs is 1. The molecular weight excluding hydrogens is 296 g/mol. The molecule has 0 N–H and O–H groups in total. The van der Waals surface area contributed by atoms with Crippen LogP contribution in [0, 0.1) is 5.92 Å². The van der Waals surface area contributed by atoms with E-state index in [9.17, 15) is 0 Å². The van der Waals surface area contributed by atoms with Gasteiger partial charge in [0.05, 0.1) is 18.8 Å². The molecule has 0 aliphatic carbocycles. The van der Waals surface area contributed by atoms with Gasteiger partial charge in [0, 0.05) is 17.5 Å². The van der Waals surface area contributed by atoms with Crippen LogP contribution in [0.3, 0.4) is 0 Å². The molecule has 0 radical (unpaired) electrons. The molecule has 2 nitrogen and oxygen atoms in total. The third-order valence-corrected chi connectivity index (χ3v) is 4.99. The maximum absolute atomic E-state index is 6.13. The molecule has 2 aliphatic heterocycles. The average molecular weight is 315 g/mol. The van der Waals surface area contributed by atoms with Crippen LogP contribution in [0.15, 0.2) is 48.5 Å². The standard InChI is InChI=1S/C19H19ClO2/c20-15-9-7-13(8-10-15)18-17(6-3-11-21-18)19-16-5-2-1-4-14(16)12-22-19/h1-2,4-5,7-10,17-19H,3,6,11-12H2/t17-,18+,19-/m1/s1. The Morgan fingerprint density at radius 1 is 0.909 bits per heavy atom. The summed E-state index contributed by atoms with van der Waals surface area (Å²) < 4.78 is 12.3. The largest absolute Gasteiger partial charge is 0.373 e. The molecule has 0 amide bonds. The van der Waals surface area contributed by atoms with E-state index in [2.05, 4.69) is 36.4 Å². The Morgan fingerprint density at radius 3 is 2.59 bits per heavy atom. The Kier molecular flexibility index (Phi) is 3.91. The van der Waals surface area contributed by atoms with Crippen LogP contribution in [0.5, 0.6) is 0 Å². The smallest absolute Gasteiger partial charge is 0.0889 e. The summed E-state index contributed by atoms with van der Waals surface area (Å²) in [6.07, 6.45) is 2.45. The Labute approximate surface area is 136 Å². The SMILES string of the molecule is Clc1ccc([C@@H]2OCCC[C@H]2[C@@H]2OCc3ccccc32)cc1. The Hall–Kier alpha value is -1.35. The van der Waals surface area contributed by atoms with Crippen LogP contribution in [0.1, 0.15) is 41.7 Å². The second-order valence-electron chi connectivity index (χ2n) is 6.08. The zero-order valence-electron chi connectivity index (χ0n) is 12.4. The van der Waals surface area contributed by atoms with Gasteiger partial charge < -0.3 is 9.47 Å². The van der Waals surface area contributed by atoms with E-state index in [-0.39, 0.29) is 12.2 Å². The second kappa shape index (κ2) is 6.04. The summed E-state index contributed by atoms with van der Waals surface area (Å²) >= 11 is 6.02. The third kappa shape index (κ3) is 2.56. The Bertz CT molecular complexity index is 653. The summed E-state index contributed by atoms with van der Waals surface area (Å²) in [6.45, 7) is 1.53. The maximum Gasteiger partial charge on any atom is 0.0889 e. The highest BCUT2D eigenvalue weighted by Crippen LogP contribution is 2.46. The quantitative estimate of drug-likeness (QED) is 0.769. The van der Waals surface area contributed by atoms with Crippen molar-refractivity contribution >= 4 is 11.6 Å². The normalized spacial score (nSPS) is 27.6. The van der Waals surface area contributed by atoms with Gasteiger partial charge in [-0.05, 0) is 41.7 Å². The fraction of sp³-hybridized carbons (Fsp3) is 0.368. The van der Waals surface area contributed by atoms with E-state index >= 15 is 0 Å². The molecule has 0 spiro atoms. The molecule has 2 aromatic rings. The monoisotopic (exact) mass is 314 g/mol. The van der Waals surface area contributed by atoms with Gasteiger partial charge in [-0.2, -0.15) is 0 Å². The van der Waals surface area contributed by atoms with Crippen molar-refractivity contribution in [2.24, 2.45) is 5.92 Å². The molecule has 1 fully saturated rings. The van der Waals surface area contributed by atoms with E-state index in [1.165, 1.54) is 16.7 Å². The van der Waals surface area contributed by atoms with Crippen LogP contribution in [-0.4, -0.2) is 6.61 Å². The molecule has 2 aromatic carbocycles. The summed E-state index contributed by atoms with van der Waals surface area (Å²) in [5.41, 5.74) is 3.84. The van der Waals surface area contributed by atoms with Crippen molar-refractivity contribution in [3.8, 4) is 0 Å². The lowest BCUT2D eigenvalue weighted by molar-refractivity contribution is -0.0931. The van der Waals surface area contributed by atoms with Gasteiger partial charge in [-0.3, -0.25) is 0 Å². The molecule has 1 saturated heterocycles. The summed E-state index contributed by atoms with van der Waals surface area (Å²) in [7, 11) is 0. The highest BCUT2D eigenvalue weighted by molar-refractivity contribution is 6.30. The second-order valence-corrected chi connectivity index (χ2v) is 6.52. The third-order valence-electron chi connectivity index (χ3n) is 4.74. The molecular formula is C19H19ClO2. The maximum atomic E-state index is 6.13. The molecule has 0 bridgehead atoms. The average Bonchev–Trinajstić information content (AvgIpc) is 3.00. The van der Waals surface area contributed by atoms with Crippen molar-refractivity contribution in [1.82, 2.24) is 0 Å². The minimum absolute atomic E-state index is 0.0853. The van der Waals surface area contributed by atoms with Crippen LogP contribution in [0.2, 0.25) is 5.02 Å². The molecule has 0 aromatic heterocycles. The van der Waals surface area contributed by atoms with Crippen LogP contribution in [0.4, 0.5) is 0 Å². The molecule has 4 rings (SSSR count). The molecule has 22 heavy (non-hydrogen) atoms. The van der Waals surface area contributed by atoms with Crippen LogP contribution in [-0.2, 0) is 16.1 Å². The van der Waals surface area contributed by atoms with E-state index in [0.717, 1.165) is 24.5 Å². The van der Waals surface area contributed by atoms with E-state index in [1.807, 2.05) is 12.1 Å². The first-order valence-electron chi connectivity index (χ1n) is 7.89. The Morgan fingerprint density at radius 2 is 1.73 bits per heavy atom. The van der Waals surface area contributed by atoms with Crippen molar-refractivity contribution in [3.63, 3.8) is 0 Å². The Balaban J connectivity index is 1.66. The lowest BCUT2D eigenvalue weighted by atomic mass is 9.82. The van der Waals surface area contributed by atoms with Gasteiger partial charge >= 0.3 is 0 Å². The van der Waals surface area contributed by atoms with Gasteiger partial charge in [0.1, 0.15) is 0 Å². The molecule has 3 atom stereocenters. The van der Waals surface area contributed by atoms with Crippen LogP contribution < -0.4 is 0 Å². The van der Waals surface area contributed by atoms with Crippen molar-refractivity contribution in [3.05, 3.63) is 70.2 Å². The summed E-state index contributed by atoms with van der Waals surface area (Å²) in [5.74, 6) is 0.360. The van der Waals surface area contributed by atoms with Gasteiger partial charge in [0.2, 0.25) is 0 Å². The minimum atomic E-state index is 0.0853. The fourth-order valence-electron chi connectivity index (χ4n) is 3.68. The first-order chi connectivity index (χ1) is 10.8. The van der Waals surface area contributed by atoms with Crippen molar-refractivity contribution < 1.29 is 9.47 Å². The predicted molar refractivity (Wildman–Crippen MR) is 86.8 cm³/mol. The van der Waals surface area contributed by atoms with E-state index in [4.69, 9.17) is 21.1 Å². The van der Waals surface area contributed by atoms with Gasteiger partial charge in [-0.15, -0.1) is 0 Å². The number of benzene rings is 2. The van der Waals surface area contributed by atoms with Gasteiger partial charge in [-0.1, -0.05) is 48.0 Å². The molecule has 2 heterocycles. The fourth-order valence-corrected chi connectivity index (χ4v) is 3.80. The van der Waals surface area contributed by atoms with E-state index < -0.39 is 0 Å². The highest BCUT2D eigenvalue weighted by atomic mass is 35.5. The molecule has 0 saturated carbocycles. The number of halogens is 1. The van der Waals surface area contributed by atoms with E-state index in [0.29, 0.717) is 12.5 Å². The van der Waals surface area contributed by atoms with Gasteiger partial charge in [0.25, 0.3) is 0 Å². The van der Waals surface area contributed by atoms with Gasteiger partial charge in [-0.25, -0.2) is 0 Å². The van der Waals surface area contributed by atoms with Crippen molar-refractivity contribution in [2.45, 2.75) is 31.7 Å². The number of rotatable bonds is 2. The minimum Gasteiger partial charge on any atom is -0.373 e. The molecule has 114 valence electrons. The number of hydrogen-bond donors (Lipinski definition) is 0. The zero-order chi connectivity index (χ0) is 14.9. The predicted octanol–water partition coefficient (Wildman–Crippen LogP) is 5.08. The van der Waals surface area contributed by atoms with Crippen LogP contribution >= 0.6 is 11.6 Å². The lowest BCUT2D eigenvalue weighted by Crippen LogP contribution is -2.27. The van der Waals surface area contributed by atoms with Gasteiger partial charge in [0.15, 0.2) is 0 Å². The first-order valence-corrected chi connectivity index (χ1v) is 8.27. The first kappa shape index (κ1) is 14.3. The number of hydrogen-bond acceptors (Lipinski definition) is 2. The summed E-state index contributed by atoms with van der Waals surface area (Å²) in [5, 5.41) is 0.763. The molecule has 0 unspecified atom stereocenters. The lowest BCUT2D eigenvalue weighted by Gasteiger charge is -2.35. The topological polar surface area (TPSA) is 18.5 Å². The molecule has 3 heteroatoms. The van der Waals surface area contributed by atoms with Crippen molar-refractivity contribution in [1.29, 1.82) is 0 Å². The number of ether oxygens (including phenoxy) is 2.